The summed E-state index contributed by atoms with van der Waals surface area (Å²) in [6.45, 7) is 4.62. The van der Waals surface area contributed by atoms with E-state index in [-0.39, 0.29) is 12.6 Å². The molecule has 0 amide bonds. The first-order valence-corrected chi connectivity index (χ1v) is 5.27. The van der Waals surface area contributed by atoms with Crippen LogP contribution in [-0.4, -0.2) is 24.3 Å². The van der Waals surface area contributed by atoms with E-state index in [9.17, 15) is 0 Å². The fourth-order valence-electron chi connectivity index (χ4n) is 1.63. The van der Waals surface area contributed by atoms with Crippen molar-refractivity contribution in [3.05, 3.63) is 23.8 Å². The molecule has 1 aromatic carbocycles. The maximum Gasteiger partial charge on any atom is 0.0992 e. The molecule has 0 saturated heterocycles. The van der Waals surface area contributed by atoms with Crippen LogP contribution in [0.2, 0.25) is 0 Å². The maximum atomic E-state index is 9.02. The van der Waals surface area contributed by atoms with Gasteiger partial charge in [0.05, 0.1) is 29.6 Å². The number of aliphatic hydroxyl groups excluding tert-OH is 1. The fourth-order valence-corrected chi connectivity index (χ4v) is 1.63. The van der Waals surface area contributed by atoms with Crippen LogP contribution in [0.4, 0.5) is 11.4 Å². The Labute approximate surface area is 95.9 Å². The highest BCUT2D eigenvalue weighted by atomic mass is 16.3. The highest BCUT2D eigenvalue weighted by Gasteiger charge is 2.13. The van der Waals surface area contributed by atoms with Crippen molar-refractivity contribution in [2.24, 2.45) is 0 Å². The lowest BCUT2D eigenvalue weighted by molar-refractivity contribution is 0.299. The van der Waals surface area contributed by atoms with Crippen molar-refractivity contribution in [1.29, 1.82) is 5.26 Å². The van der Waals surface area contributed by atoms with E-state index in [2.05, 4.69) is 6.07 Å². The van der Waals surface area contributed by atoms with Crippen LogP contribution in [-0.2, 0) is 0 Å². The molecule has 0 bridgehead atoms. The van der Waals surface area contributed by atoms with Gasteiger partial charge in [0.25, 0.3) is 0 Å². The number of nitrogens with zero attached hydrogens (tertiary/aromatic N) is 2. The summed E-state index contributed by atoms with van der Waals surface area (Å²) in [6.07, 6.45) is 0. The smallest absolute Gasteiger partial charge is 0.0992 e. The lowest BCUT2D eigenvalue weighted by Gasteiger charge is -2.29. The number of benzene rings is 1. The summed E-state index contributed by atoms with van der Waals surface area (Å²) in [6, 6.07) is 7.48. The molecular weight excluding hydrogens is 202 g/mol. The van der Waals surface area contributed by atoms with Gasteiger partial charge in [0.1, 0.15) is 0 Å². The molecular formula is C12H17N3O. The van der Waals surface area contributed by atoms with Gasteiger partial charge in [-0.25, -0.2) is 0 Å². The molecule has 1 aromatic rings. The molecule has 3 N–H and O–H groups in total. The molecule has 0 aromatic heterocycles. The second-order valence-corrected chi connectivity index (χ2v) is 3.90. The largest absolute Gasteiger partial charge is 0.397 e. The second kappa shape index (κ2) is 5.38. The van der Waals surface area contributed by atoms with Crippen LogP contribution in [0.5, 0.6) is 0 Å². The Kier molecular flexibility index (Phi) is 4.15. The number of anilines is 2. The molecule has 0 atom stereocenters. The Morgan fingerprint density at radius 3 is 2.69 bits per heavy atom. The van der Waals surface area contributed by atoms with Crippen LogP contribution in [0, 0.1) is 11.3 Å². The van der Waals surface area contributed by atoms with Gasteiger partial charge in [-0.2, -0.15) is 5.26 Å². The number of aliphatic hydroxyl groups is 1. The van der Waals surface area contributed by atoms with E-state index in [0.717, 1.165) is 5.69 Å². The van der Waals surface area contributed by atoms with Crippen molar-refractivity contribution in [3.8, 4) is 6.07 Å². The quantitative estimate of drug-likeness (QED) is 0.750. The first kappa shape index (κ1) is 12.3. The maximum absolute atomic E-state index is 9.02. The van der Waals surface area contributed by atoms with E-state index in [1.54, 1.807) is 18.2 Å². The monoisotopic (exact) mass is 219 g/mol. The number of hydrogen-bond acceptors (Lipinski definition) is 4. The summed E-state index contributed by atoms with van der Waals surface area (Å²) >= 11 is 0. The third-order valence-electron chi connectivity index (χ3n) is 2.43. The first-order valence-electron chi connectivity index (χ1n) is 5.27. The Morgan fingerprint density at radius 1 is 1.50 bits per heavy atom. The summed E-state index contributed by atoms with van der Waals surface area (Å²) in [4.78, 5) is 1.98. The lowest BCUT2D eigenvalue weighted by Crippen LogP contribution is -2.34. The molecule has 0 radical (unpaired) electrons. The summed E-state index contributed by atoms with van der Waals surface area (Å²) in [5, 5.41) is 17.9. The van der Waals surface area contributed by atoms with Crippen molar-refractivity contribution in [2.75, 3.05) is 23.8 Å². The van der Waals surface area contributed by atoms with Crippen LogP contribution >= 0.6 is 0 Å². The van der Waals surface area contributed by atoms with Gasteiger partial charge in [-0.3, -0.25) is 0 Å². The molecule has 0 aliphatic carbocycles. The average Bonchev–Trinajstić information content (AvgIpc) is 2.27. The molecule has 0 heterocycles. The highest BCUT2D eigenvalue weighted by molar-refractivity contribution is 5.70. The van der Waals surface area contributed by atoms with E-state index in [1.807, 2.05) is 18.7 Å². The standard InChI is InChI=1S/C12H17N3O/c1-9(2)15(5-6-16)12-7-10(8-13)3-4-11(12)14/h3-4,7,9,16H,5-6,14H2,1-2H3. The molecule has 16 heavy (non-hydrogen) atoms. The van der Waals surface area contributed by atoms with Gasteiger partial charge in [0, 0.05) is 12.6 Å². The SMILES string of the molecule is CC(C)N(CCO)c1cc(C#N)ccc1N. The van der Waals surface area contributed by atoms with Crippen LogP contribution in [0.15, 0.2) is 18.2 Å². The second-order valence-electron chi connectivity index (χ2n) is 3.90. The topological polar surface area (TPSA) is 73.3 Å². The predicted octanol–water partition coefficient (Wildman–Crippen LogP) is 1.35. The number of nitrogens with two attached hydrogens (primary N) is 1. The molecule has 0 spiro atoms. The predicted molar refractivity (Wildman–Crippen MR) is 65.1 cm³/mol. The fraction of sp³-hybridized carbons (Fsp3) is 0.417. The lowest BCUT2D eigenvalue weighted by atomic mass is 10.1. The van der Waals surface area contributed by atoms with Crippen molar-refractivity contribution >= 4 is 11.4 Å². The van der Waals surface area contributed by atoms with Gasteiger partial charge >= 0.3 is 0 Å². The van der Waals surface area contributed by atoms with E-state index < -0.39 is 0 Å². The minimum atomic E-state index is 0.0639. The Morgan fingerprint density at radius 2 is 2.19 bits per heavy atom. The van der Waals surface area contributed by atoms with E-state index in [0.29, 0.717) is 17.8 Å². The van der Waals surface area contributed by atoms with E-state index in [4.69, 9.17) is 16.1 Å². The summed E-state index contributed by atoms with van der Waals surface area (Å²) in [7, 11) is 0. The van der Waals surface area contributed by atoms with Crippen LogP contribution in [0.3, 0.4) is 0 Å². The minimum absolute atomic E-state index is 0.0639. The third-order valence-corrected chi connectivity index (χ3v) is 2.43. The normalized spacial score (nSPS) is 10.2. The van der Waals surface area contributed by atoms with Crippen molar-refractivity contribution < 1.29 is 5.11 Å². The van der Waals surface area contributed by atoms with E-state index in [1.165, 1.54) is 0 Å². The summed E-state index contributed by atoms with van der Waals surface area (Å²) < 4.78 is 0. The van der Waals surface area contributed by atoms with Gasteiger partial charge in [-0.05, 0) is 32.0 Å². The molecule has 4 heteroatoms. The van der Waals surface area contributed by atoms with Gasteiger partial charge in [-0.15, -0.1) is 0 Å². The van der Waals surface area contributed by atoms with Gasteiger partial charge in [-0.1, -0.05) is 0 Å². The Hall–Kier alpha value is -1.73. The summed E-state index contributed by atoms with van der Waals surface area (Å²) in [5.74, 6) is 0. The molecule has 0 saturated carbocycles. The molecule has 0 unspecified atom stereocenters. The zero-order valence-corrected chi connectivity index (χ0v) is 9.64. The zero-order chi connectivity index (χ0) is 12.1. The highest BCUT2D eigenvalue weighted by Crippen LogP contribution is 2.25. The van der Waals surface area contributed by atoms with Crippen LogP contribution in [0.25, 0.3) is 0 Å². The van der Waals surface area contributed by atoms with E-state index >= 15 is 0 Å². The molecule has 86 valence electrons. The van der Waals surface area contributed by atoms with Crippen molar-refractivity contribution in [2.45, 2.75) is 19.9 Å². The third kappa shape index (κ3) is 2.65. The van der Waals surface area contributed by atoms with Gasteiger partial charge < -0.3 is 15.7 Å². The average molecular weight is 219 g/mol. The Balaban J connectivity index is 3.12. The van der Waals surface area contributed by atoms with Gasteiger partial charge in [0.2, 0.25) is 0 Å². The first-order chi connectivity index (χ1) is 7.60. The molecule has 1 rings (SSSR count). The van der Waals surface area contributed by atoms with Crippen LogP contribution < -0.4 is 10.6 Å². The summed E-state index contributed by atoms with van der Waals surface area (Å²) in [5.41, 5.74) is 7.89. The Bertz CT molecular complexity index is 396. The number of rotatable bonds is 4. The molecule has 0 fully saturated rings. The molecule has 0 aliphatic rings. The number of hydrogen-bond donors (Lipinski definition) is 2. The van der Waals surface area contributed by atoms with Crippen molar-refractivity contribution in [1.82, 2.24) is 0 Å². The zero-order valence-electron chi connectivity index (χ0n) is 9.64. The number of nitriles is 1. The minimum Gasteiger partial charge on any atom is -0.397 e. The van der Waals surface area contributed by atoms with Crippen molar-refractivity contribution in [3.63, 3.8) is 0 Å². The van der Waals surface area contributed by atoms with Gasteiger partial charge in [0.15, 0.2) is 0 Å². The van der Waals surface area contributed by atoms with Crippen LogP contribution in [0.1, 0.15) is 19.4 Å². The molecule has 0 aliphatic heterocycles. The number of nitrogen functional groups attached to an aromatic ring is 1. The molecule has 4 nitrogen and oxygen atoms in total.